The Balaban J connectivity index is 1.52. The second-order valence-corrected chi connectivity index (χ2v) is 5.79. The molecule has 3 heterocycles. The quantitative estimate of drug-likeness (QED) is 0.624. The zero-order valence-corrected chi connectivity index (χ0v) is 13.7. The second-order valence-electron chi connectivity index (χ2n) is 5.79. The van der Waals surface area contributed by atoms with Crippen LogP contribution in [0.3, 0.4) is 0 Å². The van der Waals surface area contributed by atoms with Gasteiger partial charge in [-0.15, -0.1) is 0 Å². The van der Waals surface area contributed by atoms with Crippen molar-refractivity contribution < 1.29 is 18.7 Å². The summed E-state index contributed by atoms with van der Waals surface area (Å²) in [4.78, 5) is 46.1. The van der Waals surface area contributed by atoms with E-state index in [2.05, 4.69) is 25.6 Å². The monoisotopic (exact) mass is 369 g/mol. The Morgan fingerprint density at radius 2 is 2.15 bits per heavy atom. The third-order valence-corrected chi connectivity index (χ3v) is 3.86. The summed E-state index contributed by atoms with van der Waals surface area (Å²) in [5.74, 6) is -1.36. The SMILES string of the molecule is O=C1COc2ncc(CNC(=O)c3nc4ccc(F)cc4c(=O)[nH]3)cc2N1. The standard InChI is InChI=1S/C17H12FN5O4/c18-9-1-2-11-10(4-9)15(25)23-14(22-11)16(26)19-5-8-3-12-17(20-6-8)27-7-13(24)21-12/h1-4,6H,5,7H2,(H,19,26)(H,21,24)(H,22,23,25). The van der Waals surface area contributed by atoms with Crippen molar-refractivity contribution in [3.8, 4) is 5.88 Å². The highest BCUT2D eigenvalue weighted by atomic mass is 19.1. The van der Waals surface area contributed by atoms with E-state index < -0.39 is 17.3 Å². The van der Waals surface area contributed by atoms with Crippen LogP contribution in [-0.4, -0.2) is 33.4 Å². The first kappa shape index (κ1) is 16.6. The number of carbonyl (C=O) groups is 2. The van der Waals surface area contributed by atoms with Gasteiger partial charge in [0.15, 0.2) is 12.4 Å². The second kappa shape index (κ2) is 6.48. The normalized spacial score (nSPS) is 12.9. The number of nitrogens with one attached hydrogen (secondary N) is 3. The number of H-pyrrole nitrogens is 1. The number of benzene rings is 1. The molecular weight excluding hydrogens is 357 g/mol. The Bertz CT molecular complexity index is 1140. The minimum absolute atomic E-state index is 0.0566. The summed E-state index contributed by atoms with van der Waals surface area (Å²) >= 11 is 0. The topological polar surface area (TPSA) is 126 Å². The molecule has 4 rings (SSSR count). The van der Waals surface area contributed by atoms with E-state index >= 15 is 0 Å². The molecule has 0 saturated carbocycles. The van der Waals surface area contributed by atoms with E-state index in [-0.39, 0.29) is 35.8 Å². The number of ether oxygens (including phenoxy) is 1. The van der Waals surface area contributed by atoms with Gasteiger partial charge in [0.2, 0.25) is 5.88 Å². The summed E-state index contributed by atoms with van der Waals surface area (Å²) in [5.41, 5.74) is 0.621. The fraction of sp³-hybridized carbons (Fsp3) is 0.118. The predicted octanol–water partition coefficient (Wildman–Crippen LogP) is 0.718. The third-order valence-electron chi connectivity index (χ3n) is 3.86. The van der Waals surface area contributed by atoms with Gasteiger partial charge < -0.3 is 20.4 Å². The molecule has 0 unspecified atom stereocenters. The lowest BCUT2D eigenvalue weighted by molar-refractivity contribution is -0.118. The van der Waals surface area contributed by atoms with Gasteiger partial charge >= 0.3 is 0 Å². The molecule has 9 nitrogen and oxygen atoms in total. The number of anilines is 1. The number of fused-ring (bicyclic) bond motifs is 2. The molecule has 0 spiro atoms. The lowest BCUT2D eigenvalue weighted by Crippen LogP contribution is -2.28. The maximum atomic E-state index is 13.2. The molecule has 3 aromatic rings. The average molecular weight is 369 g/mol. The number of aromatic amines is 1. The van der Waals surface area contributed by atoms with Crippen LogP contribution in [0, 0.1) is 5.82 Å². The summed E-state index contributed by atoms with van der Waals surface area (Å²) in [6.45, 7) is -0.0128. The Hall–Kier alpha value is -3.82. The maximum Gasteiger partial charge on any atom is 0.287 e. The highest BCUT2D eigenvalue weighted by molar-refractivity contribution is 5.95. The molecule has 0 saturated heterocycles. The van der Waals surface area contributed by atoms with Crippen molar-refractivity contribution in [1.82, 2.24) is 20.3 Å². The molecule has 1 aliphatic rings. The molecule has 0 fully saturated rings. The van der Waals surface area contributed by atoms with Gasteiger partial charge in [-0.2, -0.15) is 0 Å². The third kappa shape index (κ3) is 3.32. The molecule has 0 atom stereocenters. The molecule has 2 aromatic heterocycles. The first-order valence-electron chi connectivity index (χ1n) is 7.89. The van der Waals surface area contributed by atoms with E-state index in [1.54, 1.807) is 6.07 Å². The molecule has 0 radical (unpaired) electrons. The maximum absolute atomic E-state index is 13.2. The van der Waals surface area contributed by atoms with E-state index in [0.717, 1.165) is 12.1 Å². The number of carbonyl (C=O) groups excluding carboxylic acids is 2. The molecule has 0 bridgehead atoms. The Morgan fingerprint density at radius 3 is 3.00 bits per heavy atom. The van der Waals surface area contributed by atoms with Crippen molar-refractivity contribution in [2.45, 2.75) is 6.54 Å². The highest BCUT2D eigenvalue weighted by Crippen LogP contribution is 2.25. The largest absolute Gasteiger partial charge is 0.466 e. The van der Waals surface area contributed by atoms with Crippen LogP contribution in [-0.2, 0) is 11.3 Å². The summed E-state index contributed by atoms with van der Waals surface area (Å²) in [5, 5.41) is 5.28. The lowest BCUT2D eigenvalue weighted by Gasteiger charge is -2.17. The van der Waals surface area contributed by atoms with Crippen LogP contribution in [0.15, 0.2) is 35.3 Å². The van der Waals surface area contributed by atoms with Gasteiger partial charge in [0.05, 0.1) is 10.9 Å². The molecule has 1 aromatic carbocycles. The number of nitrogens with zero attached hydrogens (tertiary/aromatic N) is 2. The molecule has 2 amide bonds. The van der Waals surface area contributed by atoms with Crippen molar-refractivity contribution in [2.24, 2.45) is 0 Å². The summed E-state index contributed by atoms with van der Waals surface area (Å²) < 4.78 is 18.4. The number of halogens is 1. The molecule has 1 aliphatic heterocycles. The summed E-state index contributed by atoms with van der Waals surface area (Å²) in [6, 6.07) is 5.16. The van der Waals surface area contributed by atoms with Crippen LogP contribution in [0.5, 0.6) is 5.88 Å². The molecule has 0 aliphatic carbocycles. The van der Waals surface area contributed by atoms with E-state index in [1.165, 1.54) is 12.3 Å². The smallest absolute Gasteiger partial charge is 0.287 e. The fourth-order valence-corrected chi connectivity index (χ4v) is 2.60. The minimum atomic E-state index is -0.615. The van der Waals surface area contributed by atoms with Crippen LogP contribution in [0.25, 0.3) is 10.9 Å². The van der Waals surface area contributed by atoms with Gasteiger partial charge in [-0.25, -0.2) is 14.4 Å². The zero-order chi connectivity index (χ0) is 19.0. The first-order chi connectivity index (χ1) is 13.0. The lowest BCUT2D eigenvalue weighted by atomic mass is 10.2. The number of rotatable bonds is 3. The molecule has 136 valence electrons. The molecule has 3 N–H and O–H groups in total. The zero-order valence-electron chi connectivity index (χ0n) is 13.7. The van der Waals surface area contributed by atoms with E-state index in [0.29, 0.717) is 17.1 Å². The van der Waals surface area contributed by atoms with Gasteiger partial charge in [0.1, 0.15) is 11.5 Å². The van der Waals surface area contributed by atoms with Gasteiger partial charge in [-0.05, 0) is 29.8 Å². The van der Waals surface area contributed by atoms with Crippen molar-refractivity contribution in [3.05, 3.63) is 58.0 Å². The summed E-state index contributed by atoms with van der Waals surface area (Å²) in [7, 11) is 0. The molecular formula is C17H12FN5O4. The predicted molar refractivity (Wildman–Crippen MR) is 91.9 cm³/mol. The number of hydrogen-bond acceptors (Lipinski definition) is 6. The number of pyridine rings is 1. The van der Waals surface area contributed by atoms with Crippen LogP contribution in [0.4, 0.5) is 10.1 Å². The fourth-order valence-electron chi connectivity index (χ4n) is 2.60. The van der Waals surface area contributed by atoms with Crippen LogP contribution >= 0.6 is 0 Å². The van der Waals surface area contributed by atoms with Crippen molar-refractivity contribution in [2.75, 3.05) is 11.9 Å². The summed E-state index contributed by atoms with van der Waals surface area (Å²) in [6.07, 6.45) is 1.50. The van der Waals surface area contributed by atoms with Crippen molar-refractivity contribution >= 4 is 28.4 Å². The van der Waals surface area contributed by atoms with Gasteiger partial charge in [-0.1, -0.05) is 0 Å². The van der Waals surface area contributed by atoms with Crippen LogP contribution < -0.4 is 20.9 Å². The van der Waals surface area contributed by atoms with E-state index in [9.17, 15) is 18.8 Å². The van der Waals surface area contributed by atoms with Gasteiger partial charge in [-0.3, -0.25) is 14.4 Å². The number of aromatic nitrogens is 3. The minimum Gasteiger partial charge on any atom is -0.466 e. The van der Waals surface area contributed by atoms with Gasteiger partial charge in [0, 0.05) is 12.7 Å². The molecule has 10 heteroatoms. The van der Waals surface area contributed by atoms with E-state index in [4.69, 9.17) is 4.74 Å². The van der Waals surface area contributed by atoms with Crippen molar-refractivity contribution in [1.29, 1.82) is 0 Å². The van der Waals surface area contributed by atoms with Crippen molar-refractivity contribution in [3.63, 3.8) is 0 Å². The van der Waals surface area contributed by atoms with Gasteiger partial charge in [0.25, 0.3) is 17.4 Å². The molecule has 27 heavy (non-hydrogen) atoms. The first-order valence-corrected chi connectivity index (χ1v) is 7.89. The Labute approximate surface area is 150 Å². The van der Waals surface area contributed by atoms with Crippen LogP contribution in [0.2, 0.25) is 0 Å². The van der Waals surface area contributed by atoms with E-state index in [1.807, 2.05) is 0 Å². The Kier molecular flexibility index (Phi) is 3.99. The number of amides is 2. The number of hydrogen-bond donors (Lipinski definition) is 3. The Morgan fingerprint density at radius 1 is 1.30 bits per heavy atom. The van der Waals surface area contributed by atoms with Crippen LogP contribution in [0.1, 0.15) is 16.2 Å². The average Bonchev–Trinajstić information content (AvgIpc) is 2.66. The highest BCUT2D eigenvalue weighted by Gasteiger charge is 2.18.